The van der Waals surface area contributed by atoms with Crippen LogP contribution in [-0.4, -0.2) is 17.1 Å². The molecule has 1 amide bonds. The van der Waals surface area contributed by atoms with Crippen molar-refractivity contribution in [2.75, 3.05) is 0 Å². The summed E-state index contributed by atoms with van der Waals surface area (Å²) in [5.41, 5.74) is -2.37. The molecular weight excluding hydrogens is 187 g/mol. The van der Waals surface area contributed by atoms with E-state index in [4.69, 9.17) is 7.05 Å². The molecule has 0 atom stereocenters. The molecule has 1 saturated carbocycles. The second-order valence-corrected chi connectivity index (χ2v) is 2.82. The van der Waals surface area contributed by atoms with Crippen LogP contribution in [0.4, 0.5) is 13.2 Å². The SMILES string of the molecule is [CH]ON([CH])C(=O)C1(C(F)(F)F)CC1. The van der Waals surface area contributed by atoms with Crippen LogP contribution < -0.4 is 0 Å². The van der Waals surface area contributed by atoms with Gasteiger partial charge >= 0.3 is 6.18 Å². The van der Waals surface area contributed by atoms with Crippen molar-refractivity contribution in [1.82, 2.24) is 5.06 Å². The highest BCUT2D eigenvalue weighted by atomic mass is 19.4. The van der Waals surface area contributed by atoms with Crippen molar-refractivity contribution in [2.24, 2.45) is 5.41 Å². The lowest BCUT2D eigenvalue weighted by Gasteiger charge is -2.22. The molecule has 3 nitrogen and oxygen atoms in total. The second kappa shape index (κ2) is 2.87. The maximum Gasteiger partial charge on any atom is 0.403 e. The van der Waals surface area contributed by atoms with E-state index in [-0.39, 0.29) is 17.9 Å². The van der Waals surface area contributed by atoms with E-state index in [2.05, 4.69) is 11.9 Å². The number of carbonyl (C=O) groups excluding carboxylic acids is 1. The van der Waals surface area contributed by atoms with Gasteiger partial charge in [0, 0.05) is 0 Å². The Hall–Kier alpha value is -0.780. The van der Waals surface area contributed by atoms with E-state index in [0.29, 0.717) is 0 Å². The quantitative estimate of drug-likeness (QED) is 0.490. The number of rotatable bonds is 2. The van der Waals surface area contributed by atoms with Gasteiger partial charge in [0.25, 0.3) is 5.91 Å². The Morgan fingerprint density at radius 1 is 1.46 bits per heavy atom. The third-order valence-electron chi connectivity index (χ3n) is 2.02. The van der Waals surface area contributed by atoms with Crippen LogP contribution in [0.25, 0.3) is 0 Å². The largest absolute Gasteiger partial charge is 0.403 e. The van der Waals surface area contributed by atoms with Gasteiger partial charge in [-0.25, -0.2) is 5.06 Å². The number of hydroxylamine groups is 2. The van der Waals surface area contributed by atoms with Crippen molar-refractivity contribution >= 4 is 5.91 Å². The molecule has 4 radical (unpaired) electrons. The summed E-state index contributed by atoms with van der Waals surface area (Å²) < 4.78 is 36.7. The average molecular weight is 193 g/mol. The topological polar surface area (TPSA) is 29.5 Å². The molecule has 1 aliphatic carbocycles. The molecule has 72 valence electrons. The molecule has 0 spiro atoms. The highest BCUT2D eigenvalue weighted by molar-refractivity contribution is 5.85. The normalized spacial score (nSPS) is 19.8. The molecule has 6 heteroatoms. The molecule has 0 aromatic heterocycles. The molecule has 0 unspecified atom stereocenters. The molecule has 13 heavy (non-hydrogen) atoms. The van der Waals surface area contributed by atoms with Crippen molar-refractivity contribution in [2.45, 2.75) is 19.0 Å². The lowest BCUT2D eigenvalue weighted by molar-refractivity contribution is -0.212. The summed E-state index contributed by atoms with van der Waals surface area (Å²) in [4.78, 5) is 14.7. The first-order chi connectivity index (χ1) is 5.85. The van der Waals surface area contributed by atoms with Crippen LogP contribution in [0.2, 0.25) is 0 Å². The van der Waals surface area contributed by atoms with Crippen LogP contribution in [0.15, 0.2) is 0 Å². The summed E-state index contributed by atoms with van der Waals surface area (Å²) in [6.45, 7) is 0. The minimum absolute atomic E-state index is 0.0967. The van der Waals surface area contributed by atoms with Crippen LogP contribution in [0.5, 0.6) is 0 Å². The number of hydrogen-bond acceptors (Lipinski definition) is 2. The Morgan fingerprint density at radius 2 is 1.92 bits per heavy atom. The van der Waals surface area contributed by atoms with Crippen LogP contribution in [-0.2, 0) is 9.63 Å². The average Bonchev–Trinajstić information content (AvgIpc) is 2.80. The number of hydrogen-bond donors (Lipinski definition) is 0. The van der Waals surface area contributed by atoms with Gasteiger partial charge in [-0.1, -0.05) is 0 Å². The monoisotopic (exact) mass is 193 g/mol. The van der Waals surface area contributed by atoms with Crippen LogP contribution >= 0.6 is 0 Å². The first-order valence-electron chi connectivity index (χ1n) is 3.38. The summed E-state index contributed by atoms with van der Waals surface area (Å²) in [6, 6.07) is 0. The van der Waals surface area contributed by atoms with Gasteiger partial charge in [-0.3, -0.25) is 9.63 Å². The maximum atomic E-state index is 12.2. The van der Waals surface area contributed by atoms with Crippen LogP contribution in [0.3, 0.4) is 0 Å². The zero-order valence-corrected chi connectivity index (χ0v) is 6.47. The Morgan fingerprint density at radius 3 is 2.15 bits per heavy atom. The van der Waals surface area contributed by atoms with Gasteiger partial charge in [-0.05, 0) is 12.8 Å². The lowest BCUT2D eigenvalue weighted by Crippen LogP contribution is -2.40. The Balaban J connectivity index is 2.77. The Kier molecular flexibility index (Phi) is 2.27. The lowest BCUT2D eigenvalue weighted by atomic mass is 10.1. The summed E-state index contributed by atoms with van der Waals surface area (Å²) in [6.07, 6.45) is -5.14. The van der Waals surface area contributed by atoms with Gasteiger partial charge in [0.2, 0.25) is 0 Å². The maximum absolute atomic E-state index is 12.2. The molecule has 0 N–H and O–H groups in total. The van der Waals surface area contributed by atoms with Gasteiger partial charge in [-0.2, -0.15) is 13.2 Å². The smallest absolute Gasteiger partial charge is 0.272 e. The van der Waals surface area contributed by atoms with Crippen molar-refractivity contribution in [1.29, 1.82) is 0 Å². The van der Waals surface area contributed by atoms with E-state index >= 15 is 0 Å². The van der Waals surface area contributed by atoms with Gasteiger partial charge in [0.15, 0.2) is 0 Å². The fourth-order valence-electron chi connectivity index (χ4n) is 1.00. The molecule has 1 fully saturated rings. The first kappa shape index (κ1) is 10.3. The number of halogens is 3. The second-order valence-electron chi connectivity index (χ2n) is 2.82. The van der Waals surface area contributed by atoms with E-state index in [9.17, 15) is 18.0 Å². The predicted octanol–water partition coefficient (Wildman–Crippen LogP) is 1.43. The zero-order valence-electron chi connectivity index (χ0n) is 6.47. The first-order valence-corrected chi connectivity index (χ1v) is 3.38. The summed E-state index contributed by atoms with van der Waals surface area (Å²) >= 11 is 0. The third-order valence-corrected chi connectivity index (χ3v) is 2.02. The van der Waals surface area contributed by atoms with E-state index in [1.165, 1.54) is 0 Å². The van der Waals surface area contributed by atoms with Gasteiger partial charge in [-0.15, -0.1) is 0 Å². The van der Waals surface area contributed by atoms with E-state index in [1.54, 1.807) is 0 Å². The minimum Gasteiger partial charge on any atom is -0.272 e. The molecule has 0 aliphatic heterocycles. The Labute approximate surface area is 73.4 Å². The van der Waals surface area contributed by atoms with Gasteiger partial charge in [0.1, 0.15) is 19.6 Å². The fraction of sp³-hybridized carbons (Fsp3) is 0.571. The van der Waals surface area contributed by atoms with Gasteiger partial charge < -0.3 is 0 Å². The van der Waals surface area contributed by atoms with E-state index in [1.807, 2.05) is 0 Å². The third kappa shape index (κ3) is 1.50. The van der Waals surface area contributed by atoms with E-state index in [0.717, 1.165) is 0 Å². The molecule has 1 rings (SSSR count). The molecule has 0 aromatic rings. The Bertz CT molecular complexity index is 222. The zero-order chi connectivity index (χ0) is 10.3. The van der Waals surface area contributed by atoms with Crippen molar-refractivity contribution in [3.8, 4) is 0 Å². The molecule has 0 saturated heterocycles. The highest BCUT2D eigenvalue weighted by Crippen LogP contribution is 2.58. The summed E-state index contributed by atoms with van der Waals surface area (Å²) in [5, 5.41) is -0.0967. The van der Waals surface area contributed by atoms with Crippen molar-refractivity contribution in [3.05, 3.63) is 14.2 Å². The molecule has 0 aromatic carbocycles. The standard InChI is InChI=1S/C7H6F3NO2/c1-11(13-2)5(12)6(3-4-6)7(8,9)10/h1-2H,3-4H2. The molecule has 0 heterocycles. The fourth-order valence-corrected chi connectivity index (χ4v) is 1.00. The molecular formula is C7H6F3NO2. The predicted molar refractivity (Wildman–Crippen MR) is 34.3 cm³/mol. The minimum atomic E-state index is -4.60. The number of amides is 1. The van der Waals surface area contributed by atoms with E-state index < -0.39 is 17.5 Å². The number of alkyl halides is 3. The summed E-state index contributed by atoms with van der Waals surface area (Å²) in [5.74, 6) is -1.36. The number of carbonyl (C=O) groups is 1. The molecule has 0 bridgehead atoms. The number of nitrogens with zero attached hydrogens (tertiary/aromatic N) is 1. The molecule has 1 aliphatic rings. The highest BCUT2D eigenvalue weighted by Gasteiger charge is 2.69. The van der Waals surface area contributed by atoms with Crippen LogP contribution in [0, 0.1) is 19.6 Å². The van der Waals surface area contributed by atoms with Gasteiger partial charge in [0.05, 0.1) is 0 Å². The van der Waals surface area contributed by atoms with Crippen molar-refractivity contribution < 1.29 is 22.8 Å². The van der Waals surface area contributed by atoms with Crippen molar-refractivity contribution in [3.63, 3.8) is 0 Å². The van der Waals surface area contributed by atoms with Crippen LogP contribution in [0.1, 0.15) is 12.8 Å². The summed E-state index contributed by atoms with van der Waals surface area (Å²) in [7, 11) is 9.23.